The first-order valence-electron chi connectivity index (χ1n) is 9.68. The predicted molar refractivity (Wildman–Crippen MR) is 107 cm³/mol. The molecule has 0 amide bonds. The molecule has 8 nitrogen and oxygen atoms in total. The van der Waals surface area contributed by atoms with Crippen LogP contribution in [0.4, 0.5) is 0 Å². The number of carbonyl (C=O) groups is 4. The second kappa shape index (κ2) is 9.02. The van der Waals surface area contributed by atoms with Gasteiger partial charge in [-0.3, -0.25) is 19.2 Å². The number of rotatable bonds is 4. The van der Waals surface area contributed by atoms with Crippen molar-refractivity contribution < 1.29 is 38.1 Å². The Balaban J connectivity index is 0.000000300. The zero-order valence-corrected chi connectivity index (χ0v) is 19.0. The molecule has 0 bridgehead atoms. The molecule has 0 N–H and O–H groups in total. The molecule has 0 aromatic rings. The van der Waals surface area contributed by atoms with Crippen LogP contribution in [0.1, 0.15) is 55.4 Å². The van der Waals surface area contributed by atoms with Crippen molar-refractivity contribution in [3.8, 4) is 0 Å². The molecule has 0 saturated carbocycles. The van der Waals surface area contributed by atoms with E-state index < -0.39 is 35.3 Å². The highest BCUT2D eigenvalue weighted by molar-refractivity contribution is 5.83. The van der Waals surface area contributed by atoms with Crippen LogP contribution < -0.4 is 0 Å². The molecule has 0 aromatic carbocycles. The largest absolute Gasteiger partial charge is 0.425 e. The molecule has 0 aliphatic carbocycles. The lowest BCUT2D eigenvalue weighted by molar-refractivity contribution is -0.180. The van der Waals surface area contributed by atoms with Gasteiger partial charge in [-0.15, -0.1) is 0 Å². The van der Waals surface area contributed by atoms with Crippen molar-refractivity contribution in [3.05, 3.63) is 24.3 Å². The molecule has 2 aliphatic rings. The maximum Gasteiger partial charge on any atom is 0.319 e. The highest BCUT2D eigenvalue weighted by Gasteiger charge is 2.54. The molecule has 2 fully saturated rings. The standard InChI is InChI=1S/2C11H16O4/c2*1-6(2)11(5)7(3)9(14-8(4)12)15-10(11)13/h2*7,9H,1H2,2-5H3/t7-,9+,11+;7-,9-,11+/m11/s1. The highest BCUT2D eigenvalue weighted by Crippen LogP contribution is 2.45. The SMILES string of the molecule is C=C(C)[C@]1(C)C(=O)O[C@@H](OC(C)=O)[C@H]1C.C=C(C)[C@]1(C)C(=O)O[C@H](OC(C)=O)[C@H]1C. The first-order valence-corrected chi connectivity index (χ1v) is 9.68. The molecule has 168 valence electrons. The van der Waals surface area contributed by atoms with Gasteiger partial charge in [-0.25, -0.2) is 0 Å². The number of esters is 4. The van der Waals surface area contributed by atoms with Crippen LogP contribution in [0.3, 0.4) is 0 Å². The van der Waals surface area contributed by atoms with E-state index in [1.165, 1.54) is 13.8 Å². The van der Waals surface area contributed by atoms with Crippen molar-refractivity contribution in [2.75, 3.05) is 0 Å². The normalized spacial score (nSPS) is 34.8. The van der Waals surface area contributed by atoms with Crippen LogP contribution in [0.25, 0.3) is 0 Å². The molecule has 0 radical (unpaired) electrons. The molecule has 8 heteroatoms. The molecular weight excluding hydrogens is 392 g/mol. The van der Waals surface area contributed by atoms with Gasteiger partial charge in [0.2, 0.25) is 0 Å². The number of ether oxygens (including phenoxy) is 4. The quantitative estimate of drug-likeness (QED) is 0.500. The summed E-state index contributed by atoms with van der Waals surface area (Å²) in [4.78, 5) is 44.9. The summed E-state index contributed by atoms with van der Waals surface area (Å²) in [7, 11) is 0. The van der Waals surface area contributed by atoms with Gasteiger partial charge in [0.25, 0.3) is 12.6 Å². The Bertz CT molecular complexity index is 705. The molecule has 2 rings (SSSR count). The van der Waals surface area contributed by atoms with E-state index in [9.17, 15) is 19.2 Å². The lowest BCUT2D eigenvalue weighted by Crippen LogP contribution is -2.31. The summed E-state index contributed by atoms with van der Waals surface area (Å²) >= 11 is 0. The summed E-state index contributed by atoms with van der Waals surface area (Å²) in [5.41, 5.74) is -0.0930. The number of hydrogen-bond acceptors (Lipinski definition) is 8. The lowest BCUT2D eigenvalue weighted by Gasteiger charge is -2.25. The summed E-state index contributed by atoms with van der Waals surface area (Å²) < 4.78 is 19.9. The first-order chi connectivity index (χ1) is 13.6. The van der Waals surface area contributed by atoms with Crippen molar-refractivity contribution in [3.63, 3.8) is 0 Å². The van der Waals surface area contributed by atoms with E-state index in [1.54, 1.807) is 27.7 Å². The van der Waals surface area contributed by atoms with E-state index in [0.717, 1.165) is 11.1 Å². The van der Waals surface area contributed by atoms with Crippen LogP contribution in [0, 0.1) is 22.7 Å². The fourth-order valence-electron chi connectivity index (χ4n) is 3.28. The van der Waals surface area contributed by atoms with Gasteiger partial charge >= 0.3 is 23.9 Å². The zero-order chi connectivity index (χ0) is 23.6. The fourth-order valence-corrected chi connectivity index (χ4v) is 3.28. The second-order valence-electron chi connectivity index (χ2n) is 8.31. The van der Waals surface area contributed by atoms with Crippen LogP contribution in [0.15, 0.2) is 24.3 Å². The van der Waals surface area contributed by atoms with E-state index in [0.29, 0.717) is 0 Å². The fraction of sp³-hybridized carbons (Fsp3) is 0.636. The Morgan fingerprint density at radius 2 is 1.03 bits per heavy atom. The summed E-state index contributed by atoms with van der Waals surface area (Å²) in [6.07, 6.45) is -1.59. The van der Waals surface area contributed by atoms with Crippen molar-refractivity contribution in [1.29, 1.82) is 0 Å². The Hall–Kier alpha value is -2.64. The number of carbonyl (C=O) groups excluding carboxylic acids is 4. The Morgan fingerprint density at radius 1 is 0.767 bits per heavy atom. The molecule has 0 unspecified atom stereocenters. The van der Waals surface area contributed by atoms with Crippen LogP contribution in [0.5, 0.6) is 0 Å². The van der Waals surface area contributed by atoms with Gasteiger partial charge < -0.3 is 18.9 Å². The third kappa shape index (κ3) is 4.57. The topological polar surface area (TPSA) is 105 Å². The molecular formula is C22H32O8. The second-order valence-corrected chi connectivity index (χ2v) is 8.31. The predicted octanol–water partition coefficient (Wildman–Crippen LogP) is 3.30. The van der Waals surface area contributed by atoms with Crippen molar-refractivity contribution in [1.82, 2.24) is 0 Å². The maximum atomic E-state index is 11.7. The van der Waals surface area contributed by atoms with Gasteiger partial charge in [0.1, 0.15) is 0 Å². The molecule has 0 spiro atoms. The molecule has 2 aliphatic heterocycles. The third-order valence-corrected chi connectivity index (χ3v) is 6.27. The smallest absolute Gasteiger partial charge is 0.319 e. The van der Waals surface area contributed by atoms with Crippen LogP contribution in [0.2, 0.25) is 0 Å². The average Bonchev–Trinajstić information content (AvgIpc) is 2.96. The first kappa shape index (κ1) is 25.4. The van der Waals surface area contributed by atoms with Gasteiger partial charge in [-0.1, -0.05) is 38.2 Å². The minimum absolute atomic E-state index is 0.216. The van der Waals surface area contributed by atoms with E-state index >= 15 is 0 Å². The Morgan fingerprint density at radius 3 is 1.20 bits per heavy atom. The van der Waals surface area contributed by atoms with Gasteiger partial charge in [0.15, 0.2) is 0 Å². The van der Waals surface area contributed by atoms with Crippen molar-refractivity contribution in [2.24, 2.45) is 22.7 Å². The van der Waals surface area contributed by atoms with E-state index in [-0.39, 0.29) is 23.8 Å². The number of hydrogen-bond donors (Lipinski definition) is 0. The Labute approximate surface area is 177 Å². The molecule has 2 heterocycles. The van der Waals surface area contributed by atoms with Crippen LogP contribution >= 0.6 is 0 Å². The summed E-state index contributed by atoms with van der Waals surface area (Å²) in [5, 5.41) is 0. The van der Waals surface area contributed by atoms with Crippen molar-refractivity contribution >= 4 is 23.9 Å². The summed E-state index contributed by atoms with van der Waals surface area (Å²) in [5.74, 6) is -2.10. The van der Waals surface area contributed by atoms with E-state index in [4.69, 9.17) is 18.9 Å². The van der Waals surface area contributed by atoms with Gasteiger partial charge in [-0.2, -0.15) is 0 Å². The minimum Gasteiger partial charge on any atom is -0.425 e. The highest BCUT2D eigenvalue weighted by atomic mass is 16.7. The van der Waals surface area contributed by atoms with Crippen LogP contribution in [-0.4, -0.2) is 36.5 Å². The van der Waals surface area contributed by atoms with Crippen LogP contribution in [-0.2, 0) is 38.1 Å². The van der Waals surface area contributed by atoms with Gasteiger partial charge in [0, 0.05) is 13.8 Å². The maximum absolute atomic E-state index is 11.7. The monoisotopic (exact) mass is 424 g/mol. The number of cyclic esters (lactones) is 2. The molecule has 30 heavy (non-hydrogen) atoms. The van der Waals surface area contributed by atoms with Gasteiger partial charge in [-0.05, 0) is 27.7 Å². The van der Waals surface area contributed by atoms with Crippen molar-refractivity contribution in [2.45, 2.75) is 68.0 Å². The Kier molecular flexibility index (Phi) is 7.63. The average molecular weight is 424 g/mol. The lowest BCUT2D eigenvalue weighted by atomic mass is 9.75. The molecule has 6 atom stereocenters. The van der Waals surface area contributed by atoms with E-state index in [2.05, 4.69) is 13.2 Å². The summed E-state index contributed by atoms with van der Waals surface area (Å²) in [6.45, 7) is 20.8. The molecule has 0 aromatic heterocycles. The van der Waals surface area contributed by atoms with E-state index in [1.807, 2.05) is 13.8 Å². The summed E-state index contributed by atoms with van der Waals surface area (Å²) in [6, 6.07) is 0. The van der Waals surface area contributed by atoms with Gasteiger partial charge in [0.05, 0.1) is 22.7 Å². The third-order valence-electron chi connectivity index (χ3n) is 6.27. The molecule has 2 saturated heterocycles. The zero-order valence-electron chi connectivity index (χ0n) is 19.0. The minimum atomic E-state index is -0.795.